The van der Waals surface area contributed by atoms with Crippen molar-refractivity contribution < 1.29 is 24.6 Å². The number of rotatable bonds is 9. The molecule has 12 nitrogen and oxygen atoms in total. The molecule has 35 heavy (non-hydrogen) atoms. The average Bonchev–Trinajstić information content (AvgIpc) is 2.81. The number of amides is 4. The third kappa shape index (κ3) is 6.83. The van der Waals surface area contributed by atoms with E-state index >= 15 is 0 Å². The Kier molecular flexibility index (Phi) is 9.26. The topological polar surface area (TPSA) is 184 Å². The van der Waals surface area contributed by atoms with Gasteiger partial charge in [-0.05, 0) is 37.7 Å². The minimum absolute atomic E-state index is 0.271. The number of nitrogens with two attached hydrogens (primary N) is 1. The number of guanidine groups is 1. The molecule has 8 N–H and O–H groups in total. The van der Waals surface area contributed by atoms with Gasteiger partial charge in [-0.1, -0.05) is 30.3 Å². The van der Waals surface area contributed by atoms with Crippen molar-refractivity contribution in [2.24, 2.45) is 5.73 Å². The second-order valence-electron chi connectivity index (χ2n) is 8.81. The van der Waals surface area contributed by atoms with Crippen molar-refractivity contribution in [3.63, 3.8) is 0 Å². The zero-order chi connectivity index (χ0) is 25.4. The maximum atomic E-state index is 12.9. The van der Waals surface area contributed by atoms with E-state index < -0.39 is 48.8 Å². The molecule has 2 aliphatic heterocycles. The van der Waals surface area contributed by atoms with E-state index in [4.69, 9.17) is 11.1 Å². The van der Waals surface area contributed by atoms with Crippen LogP contribution in [0.3, 0.4) is 0 Å². The molecular weight excluding hydrogens is 454 g/mol. The largest absolute Gasteiger partial charge is 0.394 e. The highest BCUT2D eigenvalue weighted by atomic mass is 16.3. The van der Waals surface area contributed by atoms with E-state index in [1.807, 2.05) is 30.3 Å². The summed E-state index contributed by atoms with van der Waals surface area (Å²) in [5.74, 6) is -1.25. The van der Waals surface area contributed by atoms with Crippen molar-refractivity contribution in [2.75, 3.05) is 26.2 Å². The molecule has 12 heteroatoms. The third-order valence-electron chi connectivity index (χ3n) is 6.39. The summed E-state index contributed by atoms with van der Waals surface area (Å²) in [5.41, 5.74) is 6.65. The number of piperidine rings is 1. The van der Waals surface area contributed by atoms with Crippen LogP contribution in [0.1, 0.15) is 31.2 Å². The lowest BCUT2D eigenvalue weighted by Crippen LogP contribution is -2.66. The smallest absolute Gasteiger partial charge is 0.315 e. The van der Waals surface area contributed by atoms with E-state index in [0.717, 1.165) is 18.4 Å². The zero-order valence-corrected chi connectivity index (χ0v) is 19.7. The lowest BCUT2D eigenvalue weighted by Gasteiger charge is -2.43. The summed E-state index contributed by atoms with van der Waals surface area (Å²) in [7, 11) is 0. The number of carbonyl (C=O) groups is 3. The van der Waals surface area contributed by atoms with Crippen molar-refractivity contribution in [1.82, 2.24) is 25.8 Å². The molecule has 0 aromatic heterocycles. The van der Waals surface area contributed by atoms with E-state index in [-0.39, 0.29) is 5.96 Å². The highest BCUT2D eigenvalue weighted by molar-refractivity contribution is 5.93. The van der Waals surface area contributed by atoms with Gasteiger partial charge in [0.25, 0.3) is 0 Å². The molecule has 4 atom stereocenters. The van der Waals surface area contributed by atoms with Crippen molar-refractivity contribution in [1.29, 1.82) is 5.41 Å². The van der Waals surface area contributed by atoms with Gasteiger partial charge in [-0.15, -0.1) is 0 Å². The first-order valence-electron chi connectivity index (χ1n) is 11.9. The van der Waals surface area contributed by atoms with Gasteiger partial charge in [-0.2, -0.15) is 0 Å². The van der Waals surface area contributed by atoms with Gasteiger partial charge in [0.2, 0.25) is 11.8 Å². The normalized spacial score (nSPS) is 22.5. The molecule has 4 amide bonds. The number of hydrogen-bond acceptors (Lipinski definition) is 6. The van der Waals surface area contributed by atoms with E-state index in [0.29, 0.717) is 38.9 Å². The van der Waals surface area contributed by atoms with Crippen LogP contribution in [0.4, 0.5) is 4.79 Å². The molecule has 1 aromatic rings. The minimum Gasteiger partial charge on any atom is -0.394 e. The van der Waals surface area contributed by atoms with E-state index in [2.05, 4.69) is 16.0 Å². The second-order valence-corrected chi connectivity index (χ2v) is 8.81. The van der Waals surface area contributed by atoms with Crippen molar-refractivity contribution in [3.8, 4) is 0 Å². The SMILES string of the molecule is N=C(N)N1CCC[C@H](NC(=O)[C@@H]2CCN2C(=O)[C@@H](CO)NC(=O)NCCCc2ccccc2)C1O. The van der Waals surface area contributed by atoms with Crippen LogP contribution in [0, 0.1) is 5.41 Å². The first-order chi connectivity index (χ1) is 16.8. The Labute approximate surface area is 204 Å². The highest BCUT2D eigenvalue weighted by Gasteiger charge is 2.42. The standard InChI is InChI=1S/C23H35N7O5/c24-22(25)30-12-5-9-16(20(30)33)27-19(32)18-10-13-29(18)21(34)17(14-31)28-23(35)26-11-4-8-15-6-2-1-3-7-15/h1-3,6-7,16-18,20,31,33H,4-5,8-14H2,(H3,24,25)(H,27,32)(H2,26,28,35)/t16-,17+,18-,20?/m0/s1. The number of aliphatic hydroxyl groups excluding tert-OH is 2. The molecule has 3 rings (SSSR count). The molecule has 0 spiro atoms. The molecule has 0 radical (unpaired) electrons. The Balaban J connectivity index is 1.45. The van der Waals surface area contributed by atoms with Gasteiger partial charge < -0.3 is 41.7 Å². The van der Waals surface area contributed by atoms with E-state index in [1.165, 1.54) is 9.80 Å². The third-order valence-corrected chi connectivity index (χ3v) is 6.39. The molecule has 2 fully saturated rings. The molecule has 0 aliphatic carbocycles. The number of likely N-dealkylation sites (tertiary alicyclic amines) is 2. The molecule has 2 heterocycles. The van der Waals surface area contributed by atoms with Crippen LogP contribution >= 0.6 is 0 Å². The lowest BCUT2D eigenvalue weighted by atomic mass is 9.98. The summed E-state index contributed by atoms with van der Waals surface area (Å²) >= 11 is 0. The van der Waals surface area contributed by atoms with Crippen molar-refractivity contribution in [3.05, 3.63) is 35.9 Å². The van der Waals surface area contributed by atoms with Gasteiger partial charge >= 0.3 is 6.03 Å². The first-order valence-corrected chi connectivity index (χ1v) is 11.9. The Hall–Kier alpha value is -3.38. The summed E-state index contributed by atoms with van der Waals surface area (Å²) in [6.07, 6.45) is 1.99. The van der Waals surface area contributed by atoms with Gasteiger partial charge in [0.05, 0.1) is 12.6 Å². The number of urea groups is 1. The van der Waals surface area contributed by atoms with Crippen LogP contribution in [0.5, 0.6) is 0 Å². The molecule has 0 bridgehead atoms. The van der Waals surface area contributed by atoms with Crippen LogP contribution < -0.4 is 21.7 Å². The first kappa shape index (κ1) is 26.2. The molecule has 1 aromatic carbocycles. The number of hydrogen-bond donors (Lipinski definition) is 7. The minimum atomic E-state index is -1.17. The second kappa shape index (κ2) is 12.4. The highest BCUT2D eigenvalue weighted by Crippen LogP contribution is 2.21. The molecule has 2 saturated heterocycles. The van der Waals surface area contributed by atoms with Gasteiger partial charge in [0, 0.05) is 19.6 Å². The van der Waals surface area contributed by atoms with Crippen molar-refractivity contribution in [2.45, 2.75) is 56.5 Å². The Morgan fingerprint density at radius 3 is 2.51 bits per heavy atom. The van der Waals surface area contributed by atoms with Gasteiger partial charge in [0.15, 0.2) is 5.96 Å². The summed E-state index contributed by atoms with van der Waals surface area (Å²) in [4.78, 5) is 40.5. The van der Waals surface area contributed by atoms with E-state index in [1.54, 1.807) is 0 Å². The number of nitrogens with one attached hydrogen (secondary N) is 4. The number of aryl methyl sites for hydroxylation is 1. The Bertz CT molecular complexity index is 900. The van der Waals surface area contributed by atoms with Crippen LogP contribution in [0.15, 0.2) is 30.3 Å². The average molecular weight is 490 g/mol. The Morgan fingerprint density at radius 2 is 1.89 bits per heavy atom. The number of benzene rings is 1. The van der Waals surface area contributed by atoms with Crippen molar-refractivity contribution >= 4 is 23.8 Å². The van der Waals surface area contributed by atoms with Crippen LogP contribution in [-0.2, 0) is 16.0 Å². The molecule has 0 saturated carbocycles. The fourth-order valence-corrected chi connectivity index (χ4v) is 4.33. The van der Waals surface area contributed by atoms with E-state index in [9.17, 15) is 24.6 Å². The van der Waals surface area contributed by atoms with Crippen LogP contribution in [0.2, 0.25) is 0 Å². The predicted octanol–water partition coefficient (Wildman–Crippen LogP) is -1.33. The summed E-state index contributed by atoms with van der Waals surface area (Å²) in [6, 6.07) is 6.74. The summed E-state index contributed by atoms with van der Waals surface area (Å²) in [5, 5.41) is 35.5. The summed E-state index contributed by atoms with van der Waals surface area (Å²) < 4.78 is 0. The van der Waals surface area contributed by atoms with Gasteiger partial charge in [-0.25, -0.2) is 4.79 Å². The quantitative estimate of drug-likeness (QED) is 0.127. The Morgan fingerprint density at radius 1 is 1.14 bits per heavy atom. The molecule has 2 aliphatic rings. The fourth-order valence-electron chi connectivity index (χ4n) is 4.33. The lowest BCUT2D eigenvalue weighted by molar-refractivity contribution is -0.150. The predicted molar refractivity (Wildman–Crippen MR) is 128 cm³/mol. The molecule has 1 unspecified atom stereocenters. The zero-order valence-electron chi connectivity index (χ0n) is 19.7. The monoisotopic (exact) mass is 489 g/mol. The maximum Gasteiger partial charge on any atom is 0.315 e. The molecule has 192 valence electrons. The van der Waals surface area contributed by atoms with Crippen LogP contribution in [0.25, 0.3) is 0 Å². The van der Waals surface area contributed by atoms with Gasteiger partial charge in [-0.3, -0.25) is 15.0 Å². The number of nitrogens with zero attached hydrogens (tertiary/aromatic N) is 2. The van der Waals surface area contributed by atoms with Crippen LogP contribution in [-0.4, -0.2) is 94.4 Å². The van der Waals surface area contributed by atoms with Gasteiger partial charge in [0.1, 0.15) is 18.3 Å². The fraction of sp³-hybridized carbons (Fsp3) is 0.565. The maximum absolute atomic E-state index is 12.9. The number of aliphatic hydroxyl groups is 2. The number of carbonyl (C=O) groups excluding carboxylic acids is 3. The molecular formula is C23H35N7O5. The summed E-state index contributed by atoms with van der Waals surface area (Å²) in [6.45, 7) is 0.550.